The van der Waals surface area contributed by atoms with Crippen LogP contribution in [0, 0.1) is 34.0 Å². The van der Waals surface area contributed by atoms with Crippen molar-refractivity contribution < 1.29 is 24.9 Å². The standard InChI is InChI=1S/C21H35NO5/c1-6-19(4)10-14(22-18(26)27)20(5)11(2)7-8-21(12(3)17(19)25)9-13(23)15(24)16(20)21/h11-14,16-17,22-23,25H,6-10H2,1-5H3,(H,26,27)/t11?,12-,13-,14+,16?,17-,19+,20-,21-/m0/s1. The van der Waals surface area contributed by atoms with Gasteiger partial charge in [-0.3, -0.25) is 4.79 Å². The van der Waals surface area contributed by atoms with Crippen LogP contribution in [0.15, 0.2) is 0 Å². The summed E-state index contributed by atoms with van der Waals surface area (Å²) in [5.74, 6) is -0.594. The summed E-state index contributed by atoms with van der Waals surface area (Å²) in [4.78, 5) is 24.8. The van der Waals surface area contributed by atoms with Crippen molar-refractivity contribution in [3.05, 3.63) is 0 Å². The van der Waals surface area contributed by atoms with E-state index in [0.29, 0.717) is 12.8 Å². The monoisotopic (exact) mass is 381 g/mol. The minimum atomic E-state index is -1.10. The van der Waals surface area contributed by atoms with E-state index in [1.807, 2.05) is 27.7 Å². The third-order valence-corrected chi connectivity index (χ3v) is 9.11. The van der Waals surface area contributed by atoms with Crippen LogP contribution in [0.4, 0.5) is 4.79 Å². The van der Waals surface area contributed by atoms with E-state index in [4.69, 9.17) is 0 Å². The lowest BCUT2D eigenvalue weighted by Gasteiger charge is -2.62. The number of rotatable bonds is 2. The molecule has 2 unspecified atom stereocenters. The highest BCUT2D eigenvalue weighted by Gasteiger charge is 2.69. The number of carboxylic acid groups (broad SMARTS) is 1. The Morgan fingerprint density at radius 3 is 2.41 bits per heavy atom. The summed E-state index contributed by atoms with van der Waals surface area (Å²) in [5.41, 5.74) is -1.53. The Morgan fingerprint density at radius 2 is 1.85 bits per heavy atom. The molecule has 0 radical (unpaired) electrons. The second-order valence-electron chi connectivity index (χ2n) is 10.0. The smallest absolute Gasteiger partial charge is 0.404 e. The molecule has 6 nitrogen and oxygen atoms in total. The van der Waals surface area contributed by atoms with Gasteiger partial charge in [-0.15, -0.1) is 0 Å². The van der Waals surface area contributed by atoms with Crippen LogP contribution in [-0.4, -0.2) is 45.4 Å². The van der Waals surface area contributed by atoms with Crippen molar-refractivity contribution in [2.45, 2.75) is 85.0 Å². The first-order valence-corrected chi connectivity index (χ1v) is 10.3. The van der Waals surface area contributed by atoms with E-state index in [0.717, 1.165) is 19.3 Å². The lowest BCUT2D eigenvalue weighted by molar-refractivity contribution is -0.172. The normalized spacial score (nSPS) is 52.6. The van der Waals surface area contributed by atoms with Gasteiger partial charge >= 0.3 is 6.09 Å². The molecule has 154 valence electrons. The molecule has 1 amide bonds. The minimum absolute atomic E-state index is 0.133. The maximum atomic E-state index is 13.2. The molecule has 3 rings (SSSR count). The maximum Gasteiger partial charge on any atom is 0.404 e. The van der Waals surface area contributed by atoms with E-state index >= 15 is 0 Å². The summed E-state index contributed by atoms with van der Waals surface area (Å²) in [5, 5.41) is 34.2. The Bertz CT molecular complexity index is 638. The lowest BCUT2D eigenvalue weighted by atomic mass is 9.43. The van der Waals surface area contributed by atoms with E-state index in [2.05, 4.69) is 12.2 Å². The first kappa shape index (κ1) is 20.6. The molecule has 6 heteroatoms. The zero-order valence-electron chi connectivity index (χ0n) is 17.2. The number of carbonyl (C=O) groups is 2. The Morgan fingerprint density at radius 1 is 1.22 bits per heavy atom. The first-order valence-electron chi connectivity index (χ1n) is 10.3. The van der Waals surface area contributed by atoms with Crippen LogP contribution < -0.4 is 5.32 Å². The van der Waals surface area contributed by atoms with Crippen LogP contribution >= 0.6 is 0 Å². The van der Waals surface area contributed by atoms with Gasteiger partial charge in [0.15, 0.2) is 5.78 Å². The van der Waals surface area contributed by atoms with Gasteiger partial charge in [0, 0.05) is 17.4 Å². The summed E-state index contributed by atoms with van der Waals surface area (Å²) < 4.78 is 0. The molecule has 0 saturated heterocycles. The first-order chi connectivity index (χ1) is 12.4. The third-order valence-electron chi connectivity index (χ3n) is 9.11. The molecule has 2 bridgehead atoms. The van der Waals surface area contributed by atoms with Gasteiger partial charge < -0.3 is 20.6 Å². The summed E-state index contributed by atoms with van der Waals surface area (Å²) in [6.07, 6.45) is 0.453. The number of ketones is 1. The summed E-state index contributed by atoms with van der Waals surface area (Å²) in [6, 6.07) is -0.448. The van der Waals surface area contributed by atoms with Gasteiger partial charge in [-0.2, -0.15) is 0 Å². The fraction of sp³-hybridized carbons (Fsp3) is 0.905. The Labute approximate surface area is 161 Å². The SMILES string of the molecule is CC[C@]1(C)C[C@@H](NC(=O)O)[C@]2(C)C(C)CC[C@]3(C[C@H](O)C(=O)C32)[C@@H](C)[C@@H]1O. The van der Waals surface area contributed by atoms with Crippen molar-refractivity contribution in [1.29, 1.82) is 0 Å². The second kappa shape index (κ2) is 6.45. The zero-order valence-corrected chi connectivity index (χ0v) is 17.2. The van der Waals surface area contributed by atoms with E-state index in [1.165, 1.54) is 0 Å². The third kappa shape index (κ3) is 2.66. The van der Waals surface area contributed by atoms with Gasteiger partial charge in [0.05, 0.1) is 6.10 Å². The Kier molecular flexibility index (Phi) is 4.92. The van der Waals surface area contributed by atoms with Crippen molar-refractivity contribution in [2.24, 2.45) is 34.0 Å². The quantitative estimate of drug-likeness (QED) is 0.588. The predicted octanol–water partition coefficient (Wildman–Crippen LogP) is 2.81. The maximum absolute atomic E-state index is 13.2. The molecule has 0 heterocycles. The van der Waals surface area contributed by atoms with Gasteiger partial charge in [-0.25, -0.2) is 4.79 Å². The summed E-state index contributed by atoms with van der Waals surface area (Å²) in [6.45, 7) is 10.2. The van der Waals surface area contributed by atoms with Gasteiger partial charge in [0.25, 0.3) is 0 Å². The molecular weight excluding hydrogens is 346 g/mol. The van der Waals surface area contributed by atoms with Crippen LogP contribution in [0.25, 0.3) is 0 Å². The fourth-order valence-electron chi connectivity index (χ4n) is 6.96. The molecule has 0 aromatic rings. The highest BCUT2D eigenvalue weighted by Crippen LogP contribution is 2.67. The van der Waals surface area contributed by atoms with Gasteiger partial charge in [-0.1, -0.05) is 34.6 Å². The molecule has 0 aliphatic heterocycles. The van der Waals surface area contributed by atoms with Crippen molar-refractivity contribution >= 4 is 11.9 Å². The van der Waals surface area contributed by atoms with Crippen LogP contribution in [-0.2, 0) is 4.79 Å². The average Bonchev–Trinajstić information content (AvgIpc) is 2.87. The number of hydrogen-bond acceptors (Lipinski definition) is 4. The Hall–Kier alpha value is -1.14. The summed E-state index contributed by atoms with van der Waals surface area (Å²) >= 11 is 0. The molecular formula is C21H35NO5. The molecule has 3 aliphatic carbocycles. The fourth-order valence-corrected chi connectivity index (χ4v) is 6.96. The van der Waals surface area contributed by atoms with E-state index in [-0.39, 0.29) is 17.6 Å². The average molecular weight is 382 g/mol. The number of hydrogen-bond donors (Lipinski definition) is 4. The number of amides is 1. The minimum Gasteiger partial charge on any atom is -0.465 e. The van der Waals surface area contributed by atoms with Crippen molar-refractivity contribution in [3.63, 3.8) is 0 Å². The number of carbonyl (C=O) groups excluding carboxylic acids is 1. The van der Waals surface area contributed by atoms with Crippen molar-refractivity contribution in [1.82, 2.24) is 5.32 Å². The molecule has 3 saturated carbocycles. The van der Waals surface area contributed by atoms with E-state index < -0.39 is 46.5 Å². The number of aliphatic hydroxyl groups excluding tert-OH is 2. The molecule has 27 heavy (non-hydrogen) atoms. The van der Waals surface area contributed by atoms with Gasteiger partial charge in [0.1, 0.15) is 6.10 Å². The zero-order chi connectivity index (χ0) is 20.4. The summed E-state index contributed by atoms with van der Waals surface area (Å²) in [7, 11) is 0. The highest BCUT2D eigenvalue weighted by molar-refractivity contribution is 5.89. The molecule has 0 spiro atoms. The number of Topliss-reactive ketones (excluding diaryl/α,β-unsaturated/α-hetero) is 1. The van der Waals surface area contributed by atoms with E-state index in [1.54, 1.807) is 0 Å². The van der Waals surface area contributed by atoms with Crippen LogP contribution in [0.1, 0.15) is 66.7 Å². The topological polar surface area (TPSA) is 107 Å². The molecule has 3 aliphatic rings. The molecule has 0 aromatic carbocycles. The van der Waals surface area contributed by atoms with Crippen LogP contribution in [0.2, 0.25) is 0 Å². The van der Waals surface area contributed by atoms with E-state index in [9.17, 15) is 24.9 Å². The molecule has 4 N–H and O–H groups in total. The largest absolute Gasteiger partial charge is 0.465 e. The van der Waals surface area contributed by atoms with Crippen molar-refractivity contribution in [3.8, 4) is 0 Å². The highest BCUT2D eigenvalue weighted by atomic mass is 16.4. The number of aliphatic hydroxyl groups is 2. The number of nitrogens with one attached hydrogen (secondary N) is 1. The van der Waals surface area contributed by atoms with Crippen LogP contribution in [0.3, 0.4) is 0 Å². The molecule has 0 aromatic heterocycles. The molecule has 9 atom stereocenters. The second-order valence-corrected chi connectivity index (χ2v) is 10.0. The van der Waals surface area contributed by atoms with Gasteiger partial charge in [-0.05, 0) is 54.8 Å². The van der Waals surface area contributed by atoms with Crippen LogP contribution in [0.5, 0.6) is 0 Å². The molecule has 3 fully saturated rings. The van der Waals surface area contributed by atoms with Crippen molar-refractivity contribution in [2.75, 3.05) is 0 Å². The Balaban J connectivity index is 2.24. The lowest BCUT2D eigenvalue weighted by Crippen LogP contribution is -2.65. The predicted molar refractivity (Wildman–Crippen MR) is 101 cm³/mol. The van der Waals surface area contributed by atoms with Gasteiger partial charge in [0.2, 0.25) is 0 Å².